The van der Waals surface area contributed by atoms with Gasteiger partial charge in [0.25, 0.3) is 15.9 Å². The second-order valence-corrected chi connectivity index (χ2v) is 9.38. The molecule has 8 nitrogen and oxygen atoms in total. The number of imidazole rings is 1. The number of fused-ring (bicyclic) bond motifs is 1. The molecule has 1 heterocycles. The van der Waals surface area contributed by atoms with Crippen LogP contribution in [-0.4, -0.2) is 24.3 Å². The van der Waals surface area contributed by atoms with Crippen molar-refractivity contribution in [2.75, 3.05) is 4.72 Å². The molecule has 0 aliphatic carbocycles. The minimum Gasteiger partial charge on any atom is -0.348 e. The van der Waals surface area contributed by atoms with Gasteiger partial charge >= 0.3 is 5.69 Å². The van der Waals surface area contributed by atoms with Gasteiger partial charge in [0, 0.05) is 16.6 Å². The zero-order chi connectivity index (χ0) is 22.9. The molecule has 32 heavy (non-hydrogen) atoms. The first-order chi connectivity index (χ1) is 15.2. The minimum atomic E-state index is -4.03. The predicted octanol–water partition coefficient (Wildman–Crippen LogP) is 3.89. The van der Waals surface area contributed by atoms with Crippen molar-refractivity contribution in [1.29, 1.82) is 0 Å². The van der Waals surface area contributed by atoms with Crippen LogP contribution in [0.4, 0.5) is 5.69 Å². The van der Waals surface area contributed by atoms with Crippen molar-refractivity contribution in [1.82, 2.24) is 15.3 Å². The van der Waals surface area contributed by atoms with E-state index in [1.54, 1.807) is 30.3 Å². The summed E-state index contributed by atoms with van der Waals surface area (Å²) in [5.41, 5.74) is 1.30. The number of benzene rings is 3. The van der Waals surface area contributed by atoms with Gasteiger partial charge in [-0.1, -0.05) is 41.4 Å². The molecule has 0 atom stereocenters. The van der Waals surface area contributed by atoms with E-state index < -0.39 is 21.6 Å². The largest absolute Gasteiger partial charge is 0.348 e. The van der Waals surface area contributed by atoms with Crippen LogP contribution in [0.25, 0.3) is 11.0 Å². The van der Waals surface area contributed by atoms with Crippen molar-refractivity contribution in [2.45, 2.75) is 11.4 Å². The van der Waals surface area contributed by atoms with Crippen LogP contribution >= 0.6 is 23.2 Å². The van der Waals surface area contributed by atoms with Crippen LogP contribution in [0.5, 0.6) is 0 Å². The number of anilines is 1. The maximum Gasteiger partial charge on any atom is 0.323 e. The number of amides is 1. The summed E-state index contributed by atoms with van der Waals surface area (Å²) in [5.74, 6) is -0.486. The van der Waals surface area contributed by atoms with E-state index in [9.17, 15) is 18.0 Å². The first-order valence-electron chi connectivity index (χ1n) is 9.29. The lowest BCUT2D eigenvalue weighted by atomic mass is 10.1. The Kier molecular flexibility index (Phi) is 5.96. The SMILES string of the molecule is O=C(NCc1ccc(Cl)cc1Cl)c1ccccc1NS(=O)(=O)c1ccc2[nH]c(=O)[nH]c2c1. The van der Waals surface area contributed by atoms with E-state index in [0.717, 1.165) is 0 Å². The summed E-state index contributed by atoms with van der Waals surface area (Å²) in [6.45, 7) is 0.132. The number of aromatic amines is 2. The lowest BCUT2D eigenvalue weighted by Gasteiger charge is -2.13. The number of rotatable bonds is 6. The molecule has 4 aromatic rings. The molecule has 0 aliphatic heterocycles. The summed E-state index contributed by atoms with van der Waals surface area (Å²) in [5, 5.41) is 3.61. The zero-order valence-electron chi connectivity index (χ0n) is 16.3. The van der Waals surface area contributed by atoms with Crippen LogP contribution < -0.4 is 15.7 Å². The minimum absolute atomic E-state index is 0.0663. The number of para-hydroxylation sites is 1. The number of hydrogen-bond donors (Lipinski definition) is 4. The topological polar surface area (TPSA) is 124 Å². The number of H-pyrrole nitrogens is 2. The van der Waals surface area contributed by atoms with Gasteiger partial charge in [-0.2, -0.15) is 0 Å². The monoisotopic (exact) mass is 490 g/mol. The number of aromatic nitrogens is 2. The Balaban J connectivity index is 1.56. The fraction of sp³-hybridized carbons (Fsp3) is 0.0476. The fourth-order valence-electron chi connectivity index (χ4n) is 3.09. The molecule has 0 bridgehead atoms. The number of carbonyl (C=O) groups is 1. The summed E-state index contributed by atoms with van der Waals surface area (Å²) in [6.07, 6.45) is 0. The summed E-state index contributed by atoms with van der Waals surface area (Å²) in [7, 11) is -4.03. The van der Waals surface area contributed by atoms with Gasteiger partial charge in [-0.25, -0.2) is 13.2 Å². The highest BCUT2D eigenvalue weighted by molar-refractivity contribution is 7.92. The van der Waals surface area contributed by atoms with E-state index in [1.807, 2.05) is 0 Å². The van der Waals surface area contributed by atoms with Crippen molar-refractivity contribution < 1.29 is 13.2 Å². The molecule has 1 amide bonds. The van der Waals surface area contributed by atoms with E-state index >= 15 is 0 Å². The maximum absolute atomic E-state index is 12.9. The Labute approximate surface area is 192 Å². The van der Waals surface area contributed by atoms with Crippen molar-refractivity contribution >= 4 is 55.9 Å². The van der Waals surface area contributed by atoms with Gasteiger partial charge < -0.3 is 15.3 Å². The number of carbonyl (C=O) groups excluding carboxylic acids is 1. The first-order valence-corrected chi connectivity index (χ1v) is 11.5. The number of halogens is 2. The Morgan fingerprint density at radius 3 is 2.47 bits per heavy atom. The van der Waals surface area contributed by atoms with Gasteiger partial charge in [0.1, 0.15) is 0 Å². The van der Waals surface area contributed by atoms with Gasteiger partial charge in [0.15, 0.2) is 0 Å². The average molecular weight is 491 g/mol. The van der Waals surface area contributed by atoms with E-state index in [4.69, 9.17) is 23.2 Å². The Bertz CT molecular complexity index is 1500. The average Bonchev–Trinajstić information content (AvgIpc) is 3.12. The fourth-order valence-corrected chi connectivity index (χ4v) is 4.67. The molecular weight excluding hydrogens is 475 g/mol. The molecule has 4 N–H and O–H groups in total. The van der Waals surface area contributed by atoms with Crippen LogP contribution in [0.3, 0.4) is 0 Å². The molecule has 4 rings (SSSR count). The van der Waals surface area contributed by atoms with Gasteiger partial charge in [0.05, 0.1) is 27.2 Å². The molecule has 0 saturated carbocycles. The molecular formula is C21H16Cl2N4O4S. The van der Waals surface area contributed by atoms with Gasteiger partial charge in [-0.05, 0) is 48.0 Å². The lowest BCUT2D eigenvalue weighted by Crippen LogP contribution is -2.25. The van der Waals surface area contributed by atoms with E-state index in [2.05, 4.69) is 20.0 Å². The molecule has 0 spiro atoms. The van der Waals surface area contributed by atoms with Crippen molar-refractivity contribution in [3.05, 3.63) is 92.3 Å². The molecule has 11 heteroatoms. The maximum atomic E-state index is 12.9. The number of nitrogens with one attached hydrogen (secondary N) is 4. The lowest BCUT2D eigenvalue weighted by molar-refractivity contribution is 0.0952. The molecule has 164 valence electrons. The van der Waals surface area contributed by atoms with Gasteiger partial charge in [-0.3, -0.25) is 9.52 Å². The van der Waals surface area contributed by atoms with Crippen LogP contribution in [-0.2, 0) is 16.6 Å². The van der Waals surface area contributed by atoms with Gasteiger partial charge in [-0.15, -0.1) is 0 Å². The normalized spacial score (nSPS) is 11.4. The third-order valence-electron chi connectivity index (χ3n) is 4.67. The molecule has 0 saturated heterocycles. The summed E-state index contributed by atoms with van der Waals surface area (Å²) in [4.78, 5) is 29.2. The van der Waals surface area contributed by atoms with E-state index in [1.165, 1.54) is 30.3 Å². The second kappa shape index (κ2) is 8.70. The molecule has 0 fully saturated rings. The van der Waals surface area contributed by atoms with Crippen LogP contribution in [0.1, 0.15) is 15.9 Å². The third-order valence-corrected chi connectivity index (χ3v) is 6.62. The smallest absolute Gasteiger partial charge is 0.323 e. The van der Waals surface area contributed by atoms with E-state index in [-0.39, 0.29) is 22.7 Å². The van der Waals surface area contributed by atoms with Crippen LogP contribution in [0.15, 0.2) is 70.4 Å². The number of hydrogen-bond acceptors (Lipinski definition) is 4. The van der Waals surface area contributed by atoms with E-state index in [0.29, 0.717) is 26.6 Å². The quantitative estimate of drug-likeness (QED) is 0.327. The molecule has 1 aromatic heterocycles. The highest BCUT2D eigenvalue weighted by atomic mass is 35.5. The molecule has 0 radical (unpaired) electrons. The second-order valence-electron chi connectivity index (χ2n) is 6.86. The molecule has 0 unspecified atom stereocenters. The van der Waals surface area contributed by atoms with Gasteiger partial charge in [0.2, 0.25) is 0 Å². The third kappa shape index (κ3) is 4.64. The highest BCUT2D eigenvalue weighted by Gasteiger charge is 2.19. The number of sulfonamides is 1. The van der Waals surface area contributed by atoms with Crippen molar-refractivity contribution in [3.8, 4) is 0 Å². The summed E-state index contributed by atoms with van der Waals surface area (Å²) in [6, 6.07) is 15.3. The predicted molar refractivity (Wildman–Crippen MR) is 124 cm³/mol. The highest BCUT2D eigenvalue weighted by Crippen LogP contribution is 2.23. The molecule has 3 aromatic carbocycles. The first kappa shape index (κ1) is 21.9. The summed E-state index contributed by atoms with van der Waals surface area (Å²) >= 11 is 12.0. The van der Waals surface area contributed by atoms with Crippen molar-refractivity contribution in [2.24, 2.45) is 0 Å². The standard InChI is InChI=1S/C21H16Cl2N4O4S/c22-13-6-5-12(16(23)9-13)11-24-20(28)15-3-1-2-4-17(15)27-32(30,31)14-7-8-18-19(10-14)26-21(29)25-18/h1-10,27H,11H2,(H,24,28)(H2,25,26,29). The van der Waals surface area contributed by atoms with Crippen LogP contribution in [0, 0.1) is 0 Å². The Morgan fingerprint density at radius 1 is 0.938 bits per heavy atom. The van der Waals surface area contributed by atoms with Crippen molar-refractivity contribution in [3.63, 3.8) is 0 Å². The van der Waals surface area contributed by atoms with Crippen LogP contribution in [0.2, 0.25) is 10.0 Å². The Hall–Kier alpha value is -3.27. The Morgan fingerprint density at radius 2 is 1.69 bits per heavy atom. The zero-order valence-corrected chi connectivity index (χ0v) is 18.6. The summed E-state index contributed by atoms with van der Waals surface area (Å²) < 4.78 is 28.3. The molecule has 0 aliphatic rings.